The van der Waals surface area contributed by atoms with Crippen molar-refractivity contribution >= 4 is 33.2 Å². The van der Waals surface area contributed by atoms with Gasteiger partial charge in [-0.2, -0.15) is 11.3 Å². The molecule has 1 heterocycles. The van der Waals surface area contributed by atoms with E-state index in [0.29, 0.717) is 6.61 Å². The molecule has 0 radical (unpaired) electrons. The van der Waals surface area contributed by atoms with Gasteiger partial charge in [0, 0.05) is 9.85 Å². The fraction of sp³-hybridized carbons (Fsp3) is 0.545. The van der Waals surface area contributed by atoms with Crippen molar-refractivity contribution in [1.29, 1.82) is 0 Å². The van der Waals surface area contributed by atoms with Gasteiger partial charge in [-0.25, -0.2) is 0 Å². The third kappa shape index (κ3) is 3.05. The number of carbonyl (C=O) groups excluding carboxylic acids is 1. The van der Waals surface area contributed by atoms with Crippen molar-refractivity contribution in [2.45, 2.75) is 26.7 Å². The van der Waals surface area contributed by atoms with Crippen LogP contribution in [0.1, 0.15) is 32.3 Å². The quantitative estimate of drug-likeness (QED) is 0.788. The highest BCUT2D eigenvalue weighted by molar-refractivity contribution is 9.10. The van der Waals surface area contributed by atoms with Crippen molar-refractivity contribution in [1.82, 2.24) is 0 Å². The minimum absolute atomic E-state index is 0.133. The van der Waals surface area contributed by atoms with Gasteiger partial charge in [0.25, 0.3) is 0 Å². The van der Waals surface area contributed by atoms with Crippen LogP contribution in [0.2, 0.25) is 0 Å². The molecule has 1 aromatic heterocycles. The van der Waals surface area contributed by atoms with Gasteiger partial charge in [0.15, 0.2) is 0 Å². The minimum atomic E-state index is -0.162. The number of rotatable bonds is 4. The smallest absolute Gasteiger partial charge is 0.313 e. The molecular weight excluding hydrogens is 276 g/mol. The van der Waals surface area contributed by atoms with Crippen molar-refractivity contribution in [2.24, 2.45) is 5.92 Å². The Morgan fingerprint density at radius 3 is 2.60 bits per heavy atom. The molecular formula is C11H15BrO2S. The number of halogens is 1. The highest BCUT2D eigenvalue weighted by atomic mass is 79.9. The molecule has 1 rings (SSSR count). The predicted octanol–water partition coefficient (Wildman–Crippen LogP) is 3.81. The molecule has 4 heteroatoms. The molecule has 0 aliphatic heterocycles. The second kappa shape index (κ2) is 5.66. The Labute approximate surface area is 103 Å². The zero-order chi connectivity index (χ0) is 11.4. The standard InChI is InChI=1S/C11H15BrO2S/c1-4-14-11(13)10(7(2)3)8-5-15-6-9(8)12/h5-7,10H,4H2,1-3H3. The van der Waals surface area contributed by atoms with E-state index in [0.717, 1.165) is 10.0 Å². The lowest BCUT2D eigenvalue weighted by molar-refractivity contribution is -0.146. The van der Waals surface area contributed by atoms with E-state index in [1.807, 2.05) is 31.5 Å². The topological polar surface area (TPSA) is 26.3 Å². The van der Waals surface area contributed by atoms with Crippen LogP contribution >= 0.6 is 27.3 Å². The highest BCUT2D eigenvalue weighted by Crippen LogP contribution is 2.34. The average Bonchev–Trinajstić information content (AvgIpc) is 2.52. The summed E-state index contributed by atoms with van der Waals surface area (Å²) in [6.07, 6.45) is 0. The molecule has 0 fully saturated rings. The van der Waals surface area contributed by atoms with Crippen LogP contribution in [0.3, 0.4) is 0 Å². The van der Waals surface area contributed by atoms with Crippen LogP contribution in [0.4, 0.5) is 0 Å². The molecule has 0 saturated heterocycles. The van der Waals surface area contributed by atoms with E-state index in [1.165, 1.54) is 0 Å². The van der Waals surface area contributed by atoms with Crippen LogP contribution in [-0.2, 0) is 9.53 Å². The lowest BCUT2D eigenvalue weighted by Gasteiger charge is -2.18. The zero-order valence-electron chi connectivity index (χ0n) is 9.12. The SMILES string of the molecule is CCOC(=O)C(c1cscc1Br)C(C)C. The van der Waals surface area contributed by atoms with Gasteiger partial charge in [0.05, 0.1) is 12.5 Å². The summed E-state index contributed by atoms with van der Waals surface area (Å²) in [7, 11) is 0. The van der Waals surface area contributed by atoms with Gasteiger partial charge in [0.1, 0.15) is 0 Å². The van der Waals surface area contributed by atoms with Gasteiger partial charge in [-0.05, 0) is 39.7 Å². The molecule has 1 aromatic rings. The van der Waals surface area contributed by atoms with Gasteiger partial charge in [-0.15, -0.1) is 0 Å². The van der Waals surface area contributed by atoms with E-state index in [2.05, 4.69) is 15.9 Å². The Morgan fingerprint density at radius 2 is 2.20 bits per heavy atom. The van der Waals surface area contributed by atoms with Crippen LogP contribution in [0.15, 0.2) is 15.2 Å². The maximum absolute atomic E-state index is 11.8. The fourth-order valence-electron chi connectivity index (χ4n) is 1.50. The summed E-state index contributed by atoms with van der Waals surface area (Å²) >= 11 is 5.05. The van der Waals surface area contributed by atoms with Crippen molar-refractivity contribution in [3.63, 3.8) is 0 Å². The van der Waals surface area contributed by atoms with Crippen LogP contribution in [0.25, 0.3) is 0 Å². The third-order valence-corrected chi connectivity index (χ3v) is 3.94. The maximum Gasteiger partial charge on any atom is 0.313 e. The Hall–Kier alpha value is -0.350. The number of carbonyl (C=O) groups is 1. The molecule has 0 saturated carbocycles. The van der Waals surface area contributed by atoms with Crippen LogP contribution in [0, 0.1) is 5.92 Å². The number of hydrogen-bond donors (Lipinski definition) is 0. The lowest BCUT2D eigenvalue weighted by atomic mass is 9.90. The van der Waals surface area contributed by atoms with Crippen molar-refractivity contribution < 1.29 is 9.53 Å². The summed E-state index contributed by atoms with van der Waals surface area (Å²) in [5, 5.41) is 4.00. The number of esters is 1. The highest BCUT2D eigenvalue weighted by Gasteiger charge is 2.27. The van der Waals surface area contributed by atoms with Gasteiger partial charge >= 0.3 is 5.97 Å². The largest absolute Gasteiger partial charge is 0.466 e. The summed E-state index contributed by atoms with van der Waals surface area (Å²) in [5.41, 5.74) is 1.04. The average molecular weight is 291 g/mol. The fourth-order valence-corrected chi connectivity index (χ4v) is 3.08. The molecule has 0 aliphatic rings. The number of hydrogen-bond acceptors (Lipinski definition) is 3. The van der Waals surface area contributed by atoms with E-state index >= 15 is 0 Å². The molecule has 2 nitrogen and oxygen atoms in total. The Morgan fingerprint density at radius 1 is 1.53 bits per heavy atom. The Bertz CT molecular complexity index is 333. The van der Waals surface area contributed by atoms with Crippen molar-refractivity contribution in [2.75, 3.05) is 6.61 Å². The predicted molar refractivity (Wildman–Crippen MR) is 66.2 cm³/mol. The second-order valence-corrected chi connectivity index (χ2v) is 5.25. The summed E-state index contributed by atoms with van der Waals surface area (Å²) < 4.78 is 6.09. The summed E-state index contributed by atoms with van der Waals surface area (Å²) in [6, 6.07) is 0. The zero-order valence-corrected chi connectivity index (χ0v) is 11.5. The van der Waals surface area contributed by atoms with Crippen LogP contribution < -0.4 is 0 Å². The number of ether oxygens (including phenoxy) is 1. The normalized spacial score (nSPS) is 12.9. The summed E-state index contributed by atoms with van der Waals surface area (Å²) in [4.78, 5) is 11.8. The third-order valence-electron chi connectivity index (χ3n) is 2.18. The van der Waals surface area contributed by atoms with E-state index in [-0.39, 0.29) is 17.8 Å². The number of thiophene rings is 1. The first-order chi connectivity index (χ1) is 7.07. The van der Waals surface area contributed by atoms with Crippen LogP contribution in [0.5, 0.6) is 0 Å². The Balaban J connectivity index is 2.93. The lowest BCUT2D eigenvalue weighted by Crippen LogP contribution is -2.20. The molecule has 0 aliphatic carbocycles. The van der Waals surface area contributed by atoms with Gasteiger partial charge in [-0.3, -0.25) is 4.79 Å². The van der Waals surface area contributed by atoms with E-state index in [9.17, 15) is 4.79 Å². The van der Waals surface area contributed by atoms with Crippen LogP contribution in [-0.4, -0.2) is 12.6 Å². The molecule has 1 unspecified atom stereocenters. The second-order valence-electron chi connectivity index (χ2n) is 3.65. The molecule has 84 valence electrons. The summed E-state index contributed by atoms with van der Waals surface area (Å²) in [5.74, 6) is -0.0490. The first-order valence-electron chi connectivity index (χ1n) is 4.96. The first kappa shape index (κ1) is 12.7. The molecule has 0 N–H and O–H groups in total. The van der Waals surface area contributed by atoms with Crippen molar-refractivity contribution in [3.05, 3.63) is 20.8 Å². The van der Waals surface area contributed by atoms with E-state index in [1.54, 1.807) is 11.3 Å². The first-order valence-corrected chi connectivity index (χ1v) is 6.69. The van der Waals surface area contributed by atoms with Gasteiger partial charge < -0.3 is 4.74 Å². The van der Waals surface area contributed by atoms with Gasteiger partial charge in [-0.1, -0.05) is 13.8 Å². The van der Waals surface area contributed by atoms with Crippen molar-refractivity contribution in [3.8, 4) is 0 Å². The van der Waals surface area contributed by atoms with E-state index < -0.39 is 0 Å². The molecule has 0 amide bonds. The molecule has 0 aromatic carbocycles. The minimum Gasteiger partial charge on any atom is -0.466 e. The Kier molecular flexibility index (Phi) is 4.80. The molecule has 1 atom stereocenters. The van der Waals surface area contributed by atoms with Gasteiger partial charge in [0.2, 0.25) is 0 Å². The van der Waals surface area contributed by atoms with E-state index in [4.69, 9.17) is 4.74 Å². The molecule has 0 bridgehead atoms. The molecule has 15 heavy (non-hydrogen) atoms. The maximum atomic E-state index is 11.8. The summed E-state index contributed by atoms with van der Waals surface area (Å²) in [6.45, 7) is 6.33. The molecule has 0 spiro atoms. The monoisotopic (exact) mass is 290 g/mol.